The number of aliphatic carboxylic acids is 1. The number of carbonyl (C=O) groups excluding carboxylic acids is 1. The van der Waals surface area contributed by atoms with Crippen LogP contribution in [0.4, 0.5) is 0 Å². The molecule has 3 N–H and O–H groups in total. The van der Waals surface area contributed by atoms with Crippen LogP contribution >= 0.6 is 0 Å². The first-order valence-electron chi connectivity index (χ1n) is 7.08. The molecule has 2 aromatic rings. The number of para-hydroxylation sites is 1. The Bertz CT molecular complexity index is 756. The summed E-state index contributed by atoms with van der Waals surface area (Å²) >= 11 is 0. The molecule has 0 unspecified atom stereocenters. The summed E-state index contributed by atoms with van der Waals surface area (Å²) in [6.07, 6.45) is 0.477. The average molecular weight is 328 g/mol. The van der Waals surface area contributed by atoms with Gasteiger partial charge in [0.25, 0.3) is 5.91 Å². The van der Waals surface area contributed by atoms with Gasteiger partial charge >= 0.3 is 5.97 Å². The molecular formula is C17H16N2O5. The summed E-state index contributed by atoms with van der Waals surface area (Å²) < 4.78 is 5.20. The van der Waals surface area contributed by atoms with Gasteiger partial charge in [-0.25, -0.2) is 10.2 Å². The molecule has 124 valence electrons. The van der Waals surface area contributed by atoms with Crippen molar-refractivity contribution in [1.82, 2.24) is 5.43 Å². The molecule has 0 aliphatic rings. The van der Waals surface area contributed by atoms with Crippen LogP contribution in [0.2, 0.25) is 0 Å². The van der Waals surface area contributed by atoms with Crippen molar-refractivity contribution in [3.8, 4) is 11.5 Å². The van der Waals surface area contributed by atoms with E-state index in [2.05, 4.69) is 10.5 Å². The number of ether oxygens (including phenoxy) is 1. The van der Waals surface area contributed by atoms with Crippen LogP contribution in [0, 0.1) is 0 Å². The maximum absolute atomic E-state index is 11.8. The number of hydrogen-bond donors (Lipinski definition) is 3. The third-order valence-electron chi connectivity index (χ3n) is 3.07. The summed E-state index contributed by atoms with van der Waals surface area (Å²) in [5, 5.41) is 22.2. The van der Waals surface area contributed by atoms with E-state index >= 15 is 0 Å². The summed E-state index contributed by atoms with van der Waals surface area (Å²) in [5.41, 5.74) is 3.12. The van der Waals surface area contributed by atoms with Gasteiger partial charge in [0.15, 0.2) is 6.10 Å². The van der Waals surface area contributed by atoms with Gasteiger partial charge in [-0.2, -0.15) is 5.10 Å². The molecule has 0 aliphatic carbocycles. The zero-order valence-electron chi connectivity index (χ0n) is 12.8. The van der Waals surface area contributed by atoms with Crippen molar-refractivity contribution in [2.75, 3.05) is 0 Å². The number of benzene rings is 2. The molecule has 0 saturated heterocycles. The molecule has 0 aliphatic heterocycles. The third kappa shape index (κ3) is 4.57. The van der Waals surface area contributed by atoms with Crippen molar-refractivity contribution < 1.29 is 24.5 Å². The van der Waals surface area contributed by atoms with E-state index in [1.165, 1.54) is 25.3 Å². The van der Waals surface area contributed by atoms with E-state index in [4.69, 9.17) is 9.84 Å². The predicted molar refractivity (Wildman–Crippen MR) is 87.3 cm³/mol. The first-order chi connectivity index (χ1) is 11.5. The summed E-state index contributed by atoms with van der Waals surface area (Å²) in [7, 11) is 0. The number of aromatic hydroxyl groups is 1. The van der Waals surface area contributed by atoms with Gasteiger partial charge in [-0.3, -0.25) is 4.79 Å². The van der Waals surface area contributed by atoms with Gasteiger partial charge < -0.3 is 14.9 Å². The summed E-state index contributed by atoms with van der Waals surface area (Å²) in [5.74, 6) is -1.29. The van der Waals surface area contributed by atoms with Gasteiger partial charge in [-0.05, 0) is 48.9 Å². The summed E-state index contributed by atoms with van der Waals surface area (Å²) in [4.78, 5) is 22.5. The average Bonchev–Trinajstić information content (AvgIpc) is 2.56. The lowest BCUT2D eigenvalue weighted by Crippen LogP contribution is -2.22. The third-order valence-corrected chi connectivity index (χ3v) is 3.07. The molecule has 0 spiro atoms. The Morgan fingerprint density at radius 3 is 2.46 bits per heavy atom. The number of hydrogen-bond acceptors (Lipinski definition) is 5. The first-order valence-corrected chi connectivity index (χ1v) is 7.08. The highest BCUT2D eigenvalue weighted by atomic mass is 16.5. The lowest BCUT2D eigenvalue weighted by molar-refractivity contribution is -0.144. The summed E-state index contributed by atoms with van der Waals surface area (Å²) in [6.45, 7) is 1.44. The fraction of sp³-hybridized carbons (Fsp3) is 0.118. The molecule has 24 heavy (non-hydrogen) atoms. The number of hydrazone groups is 1. The fourth-order valence-corrected chi connectivity index (χ4v) is 1.78. The highest BCUT2D eigenvalue weighted by Crippen LogP contribution is 2.15. The second-order valence-electron chi connectivity index (χ2n) is 4.88. The Hall–Kier alpha value is -3.35. The quantitative estimate of drug-likeness (QED) is 0.555. The number of nitrogens with one attached hydrogen (secondary N) is 1. The monoisotopic (exact) mass is 328 g/mol. The van der Waals surface area contributed by atoms with Crippen molar-refractivity contribution in [3.05, 3.63) is 59.7 Å². The van der Waals surface area contributed by atoms with E-state index in [1.54, 1.807) is 36.4 Å². The second kappa shape index (κ2) is 7.77. The minimum atomic E-state index is -1.05. The molecule has 2 aromatic carbocycles. The molecule has 7 heteroatoms. The number of amides is 1. The van der Waals surface area contributed by atoms with E-state index in [-0.39, 0.29) is 11.3 Å². The molecule has 0 heterocycles. The van der Waals surface area contributed by atoms with Crippen LogP contribution in [0.15, 0.2) is 53.6 Å². The van der Waals surface area contributed by atoms with Gasteiger partial charge in [-0.1, -0.05) is 12.1 Å². The lowest BCUT2D eigenvalue weighted by Gasteiger charge is -2.09. The van der Waals surface area contributed by atoms with Crippen LogP contribution in [-0.4, -0.2) is 34.4 Å². The highest BCUT2D eigenvalue weighted by molar-refractivity contribution is 5.97. The van der Waals surface area contributed by atoms with Gasteiger partial charge in [-0.15, -0.1) is 0 Å². The maximum atomic E-state index is 11.8. The van der Waals surface area contributed by atoms with Crippen LogP contribution in [-0.2, 0) is 4.79 Å². The molecule has 7 nitrogen and oxygen atoms in total. The molecule has 2 rings (SSSR count). The molecule has 0 radical (unpaired) electrons. The van der Waals surface area contributed by atoms with E-state index in [9.17, 15) is 14.7 Å². The predicted octanol–water partition coefficient (Wildman–Crippen LogP) is 2.01. The Morgan fingerprint density at radius 1 is 1.17 bits per heavy atom. The Morgan fingerprint density at radius 2 is 1.83 bits per heavy atom. The van der Waals surface area contributed by atoms with Crippen molar-refractivity contribution in [1.29, 1.82) is 0 Å². The van der Waals surface area contributed by atoms with Crippen molar-refractivity contribution in [2.45, 2.75) is 13.0 Å². The SMILES string of the molecule is C[C@H](Oc1ccc(/C=N/NC(=O)c2ccccc2O)cc1)C(=O)O. The number of rotatable bonds is 6. The lowest BCUT2D eigenvalue weighted by atomic mass is 10.2. The largest absolute Gasteiger partial charge is 0.507 e. The topological polar surface area (TPSA) is 108 Å². The number of phenols is 1. The first kappa shape index (κ1) is 17.0. The van der Waals surface area contributed by atoms with Crippen molar-refractivity contribution >= 4 is 18.1 Å². The minimum absolute atomic E-state index is 0.126. The standard InChI is InChI=1S/C17H16N2O5/c1-11(17(22)23)24-13-8-6-12(7-9-13)10-18-19-16(21)14-4-2-3-5-15(14)20/h2-11,20H,1H3,(H,19,21)(H,22,23)/b18-10+/t11-/m0/s1. The van der Waals surface area contributed by atoms with Crippen LogP contribution in [0.25, 0.3) is 0 Å². The molecule has 1 amide bonds. The second-order valence-corrected chi connectivity index (χ2v) is 4.88. The van der Waals surface area contributed by atoms with Crippen LogP contribution in [0.3, 0.4) is 0 Å². The molecule has 1 atom stereocenters. The molecule has 0 fully saturated rings. The summed E-state index contributed by atoms with van der Waals surface area (Å²) in [6, 6.07) is 12.7. The molecule has 0 saturated carbocycles. The van der Waals surface area contributed by atoms with Crippen molar-refractivity contribution in [2.24, 2.45) is 5.10 Å². The number of nitrogens with zero attached hydrogens (tertiary/aromatic N) is 1. The highest BCUT2D eigenvalue weighted by Gasteiger charge is 2.12. The zero-order chi connectivity index (χ0) is 17.5. The number of carboxylic acid groups (broad SMARTS) is 1. The van der Waals surface area contributed by atoms with Crippen molar-refractivity contribution in [3.63, 3.8) is 0 Å². The van der Waals surface area contributed by atoms with E-state index in [0.717, 1.165) is 0 Å². The maximum Gasteiger partial charge on any atom is 0.344 e. The van der Waals surface area contributed by atoms with Gasteiger partial charge in [0.2, 0.25) is 0 Å². The van der Waals surface area contributed by atoms with E-state index < -0.39 is 18.0 Å². The van der Waals surface area contributed by atoms with Crippen LogP contribution in [0.1, 0.15) is 22.8 Å². The Balaban J connectivity index is 1.94. The fourth-order valence-electron chi connectivity index (χ4n) is 1.78. The number of carboxylic acids is 1. The molecule has 0 bridgehead atoms. The van der Waals surface area contributed by atoms with E-state index in [0.29, 0.717) is 11.3 Å². The normalized spacial score (nSPS) is 11.9. The smallest absolute Gasteiger partial charge is 0.344 e. The number of phenolic OH excluding ortho intramolecular Hbond substituents is 1. The van der Waals surface area contributed by atoms with Gasteiger partial charge in [0, 0.05) is 0 Å². The van der Waals surface area contributed by atoms with Crippen LogP contribution in [0.5, 0.6) is 11.5 Å². The molecule has 0 aromatic heterocycles. The Kier molecular flexibility index (Phi) is 5.51. The molecular weight excluding hydrogens is 312 g/mol. The van der Waals surface area contributed by atoms with E-state index in [1.807, 2.05) is 0 Å². The number of carbonyl (C=O) groups is 2. The zero-order valence-corrected chi connectivity index (χ0v) is 12.8. The Labute approximate surface area is 138 Å². The minimum Gasteiger partial charge on any atom is -0.507 e. The van der Waals surface area contributed by atoms with Gasteiger partial charge in [0.1, 0.15) is 11.5 Å². The van der Waals surface area contributed by atoms with Gasteiger partial charge in [0.05, 0.1) is 11.8 Å². The van der Waals surface area contributed by atoms with Crippen LogP contribution < -0.4 is 10.2 Å².